The monoisotopic (exact) mass is 418 g/mol. The molecular formula is C18H28BrClN2O2. The molecule has 0 saturated carbocycles. The van der Waals surface area contributed by atoms with Crippen molar-refractivity contribution in [3.05, 3.63) is 33.3 Å². The predicted octanol–water partition coefficient (Wildman–Crippen LogP) is 5.28. The van der Waals surface area contributed by atoms with Crippen molar-refractivity contribution in [2.24, 2.45) is 0 Å². The van der Waals surface area contributed by atoms with Crippen molar-refractivity contribution in [1.82, 2.24) is 10.6 Å². The maximum Gasteiger partial charge on any atom is 0.407 e. The van der Waals surface area contributed by atoms with Gasteiger partial charge in [-0.25, -0.2) is 4.79 Å². The lowest BCUT2D eigenvalue weighted by atomic mass is 10.1. The number of benzene rings is 1. The van der Waals surface area contributed by atoms with Crippen molar-refractivity contribution in [2.45, 2.75) is 65.1 Å². The zero-order chi connectivity index (χ0) is 18.2. The van der Waals surface area contributed by atoms with E-state index in [-0.39, 0.29) is 12.1 Å². The van der Waals surface area contributed by atoms with Gasteiger partial charge in [-0.2, -0.15) is 0 Å². The van der Waals surface area contributed by atoms with Gasteiger partial charge in [0.15, 0.2) is 0 Å². The Morgan fingerprint density at radius 1 is 1.38 bits per heavy atom. The highest BCUT2D eigenvalue weighted by molar-refractivity contribution is 9.10. The van der Waals surface area contributed by atoms with E-state index >= 15 is 0 Å². The highest BCUT2D eigenvalue weighted by atomic mass is 79.9. The summed E-state index contributed by atoms with van der Waals surface area (Å²) in [5, 5.41) is 7.05. The molecule has 0 heterocycles. The number of alkyl carbamates (subject to hydrolysis) is 1. The first-order valence-corrected chi connectivity index (χ1v) is 9.52. The van der Waals surface area contributed by atoms with E-state index in [0.717, 1.165) is 35.8 Å². The van der Waals surface area contributed by atoms with Gasteiger partial charge in [-0.3, -0.25) is 0 Å². The summed E-state index contributed by atoms with van der Waals surface area (Å²) in [7, 11) is 0. The highest BCUT2D eigenvalue weighted by Gasteiger charge is 2.17. The predicted molar refractivity (Wildman–Crippen MR) is 104 cm³/mol. The standard InChI is InChI=1S/C18H28BrClN2O2/c1-5-6-7-14(12-22-17(23)24-18(2,3)4)21-11-13-8-9-16(20)15(19)10-13/h8-10,14,21H,5-7,11-12H2,1-4H3,(H,22,23). The van der Waals surface area contributed by atoms with Gasteiger partial charge in [-0.1, -0.05) is 37.4 Å². The van der Waals surface area contributed by atoms with E-state index in [0.29, 0.717) is 11.6 Å². The quantitative estimate of drug-likeness (QED) is 0.603. The molecule has 1 rings (SSSR count). The minimum Gasteiger partial charge on any atom is -0.444 e. The summed E-state index contributed by atoms with van der Waals surface area (Å²) >= 11 is 9.46. The van der Waals surface area contributed by atoms with Crippen LogP contribution in [-0.2, 0) is 11.3 Å². The second-order valence-corrected chi connectivity index (χ2v) is 8.11. The largest absolute Gasteiger partial charge is 0.444 e. The van der Waals surface area contributed by atoms with Crippen molar-refractivity contribution >= 4 is 33.6 Å². The number of amides is 1. The summed E-state index contributed by atoms with van der Waals surface area (Å²) in [5.74, 6) is 0. The minimum absolute atomic E-state index is 0.201. The van der Waals surface area contributed by atoms with Crippen LogP contribution in [0.3, 0.4) is 0 Å². The van der Waals surface area contributed by atoms with Gasteiger partial charge >= 0.3 is 6.09 Å². The minimum atomic E-state index is -0.480. The second kappa shape index (κ2) is 10.3. The number of halogens is 2. The van der Waals surface area contributed by atoms with Gasteiger partial charge in [-0.15, -0.1) is 0 Å². The Morgan fingerprint density at radius 3 is 2.67 bits per heavy atom. The molecule has 24 heavy (non-hydrogen) atoms. The van der Waals surface area contributed by atoms with Crippen LogP contribution in [0, 0.1) is 0 Å². The molecule has 0 saturated heterocycles. The SMILES string of the molecule is CCCCC(CNC(=O)OC(C)(C)C)NCc1ccc(Cl)c(Br)c1. The lowest BCUT2D eigenvalue weighted by Gasteiger charge is -2.23. The smallest absolute Gasteiger partial charge is 0.407 e. The van der Waals surface area contributed by atoms with E-state index in [1.807, 2.05) is 39.0 Å². The number of nitrogens with one attached hydrogen (secondary N) is 2. The Balaban J connectivity index is 2.52. The van der Waals surface area contributed by atoms with E-state index in [4.69, 9.17) is 16.3 Å². The van der Waals surface area contributed by atoms with Crippen LogP contribution in [0.1, 0.15) is 52.5 Å². The van der Waals surface area contributed by atoms with Crippen LogP contribution in [0.2, 0.25) is 5.02 Å². The van der Waals surface area contributed by atoms with Crippen LogP contribution in [0.4, 0.5) is 4.79 Å². The van der Waals surface area contributed by atoms with Crippen molar-refractivity contribution in [2.75, 3.05) is 6.54 Å². The molecule has 0 bridgehead atoms. The van der Waals surface area contributed by atoms with Gasteiger partial charge in [0, 0.05) is 23.6 Å². The summed E-state index contributed by atoms with van der Waals surface area (Å²) in [6, 6.07) is 6.08. The first-order valence-electron chi connectivity index (χ1n) is 8.35. The topological polar surface area (TPSA) is 50.4 Å². The number of carbonyl (C=O) groups excluding carboxylic acids is 1. The Bertz CT molecular complexity index is 532. The Labute approximate surface area is 158 Å². The molecule has 0 aliphatic heterocycles. The molecule has 0 aromatic heterocycles. The van der Waals surface area contributed by atoms with Crippen LogP contribution in [0.5, 0.6) is 0 Å². The first kappa shape index (κ1) is 21.3. The molecule has 4 nitrogen and oxygen atoms in total. The molecule has 0 aliphatic rings. The molecular weight excluding hydrogens is 392 g/mol. The van der Waals surface area contributed by atoms with Crippen LogP contribution < -0.4 is 10.6 Å². The van der Waals surface area contributed by atoms with E-state index in [1.165, 1.54) is 0 Å². The lowest BCUT2D eigenvalue weighted by Crippen LogP contribution is -2.42. The number of rotatable bonds is 8. The third kappa shape index (κ3) is 8.90. The first-order chi connectivity index (χ1) is 11.2. The van der Waals surface area contributed by atoms with Crippen LogP contribution in [0.25, 0.3) is 0 Å². The summed E-state index contributed by atoms with van der Waals surface area (Å²) in [6.45, 7) is 9.01. The molecule has 0 fully saturated rings. The zero-order valence-corrected chi connectivity index (χ0v) is 17.3. The molecule has 0 spiro atoms. The summed E-state index contributed by atoms with van der Waals surface area (Å²) < 4.78 is 6.17. The van der Waals surface area contributed by atoms with Crippen LogP contribution in [-0.4, -0.2) is 24.3 Å². The molecule has 0 radical (unpaired) electrons. The Morgan fingerprint density at radius 2 is 2.08 bits per heavy atom. The van der Waals surface area contributed by atoms with Gasteiger partial charge in [-0.05, 0) is 60.8 Å². The number of unbranched alkanes of at least 4 members (excludes halogenated alkanes) is 1. The Kier molecular flexibility index (Phi) is 9.09. The van der Waals surface area contributed by atoms with Gasteiger partial charge in [0.25, 0.3) is 0 Å². The molecule has 1 unspecified atom stereocenters. The number of hydrogen-bond donors (Lipinski definition) is 2. The van der Waals surface area contributed by atoms with Crippen molar-refractivity contribution in [3.8, 4) is 0 Å². The van der Waals surface area contributed by atoms with Gasteiger partial charge < -0.3 is 15.4 Å². The fraction of sp³-hybridized carbons (Fsp3) is 0.611. The number of carbonyl (C=O) groups is 1. The molecule has 0 aliphatic carbocycles. The molecule has 1 atom stereocenters. The summed E-state index contributed by atoms with van der Waals surface area (Å²) in [6.07, 6.45) is 2.86. The number of ether oxygens (including phenoxy) is 1. The van der Waals surface area contributed by atoms with E-state index in [9.17, 15) is 4.79 Å². The molecule has 1 aromatic carbocycles. The number of hydrogen-bond acceptors (Lipinski definition) is 3. The molecule has 1 aromatic rings. The van der Waals surface area contributed by atoms with Crippen LogP contribution in [0.15, 0.2) is 22.7 Å². The van der Waals surface area contributed by atoms with E-state index in [1.54, 1.807) is 0 Å². The third-order valence-corrected chi connectivity index (χ3v) is 4.59. The third-order valence-electron chi connectivity index (χ3n) is 3.38. The van der Waals surface area contributed by atoms with Crippen LogP contribution >= 0.6 is 27.5 Å². The Hall–Kier alpha value is -0.780. The average molecular weight is 420 g/mol. The van der Waals surface area contributed by atoms with Gasteiger partial charge in [0.1, 0.15) is 5.60 Å². The van der Waals surface area contributed by atoms with E-state index < -0.39 is 5.60 Å². The van der Waals surface area contributed by atoms with Crippen molar-refractivity contribution in [3.63, 3.8) is 0 Å². The van der Waals surface area contributed by atoms with Gasteiger partial charge in [0.05, 0.1) is 5.02 Å². The van der Waals surface area contributed by atoms with Gasteiger partial charge in [0.2, 0.25) is 0 Å². The zero-order valence-electron chi connectivity index (χ0n) is 14.9. The fourth-order valence-electron chi connectivity index (χ4n) is 2.16. The normalized spacial score (nSPS) is 12.8. The average Bonchev–Trinajstić information content (AvgIpc) is 2.48. The second-order valence-electron chi connectivity index (χ2n) is 6.85. The molecule has 1 amide bonds. The van der Waals surface area contributed by atoms with Crippen molar-refractivity contribution in [1.29, 1.82) is 0 Å². The summed E-state index contributed by atoms with van der Waals surface area (Å²) in [4.78, 5) is 11.8. The maximum atomic E-state index is 11.8. The fourth-order valence-corrected chi connectivity index (χ4v) is 2.70. The van der Waals surface area contributed by atoms with E-state index in [2.05, 4.69) is 33.5 Å². The summed E-state index contributed by atoms with van der Waals surface area (Å²) in [5.41, 5.74) is 0.663. The van der Waals surface area contributed by atoms with Crippen molar-refractivity contribution < 1.29 is 9.53 Å². The maximum absolute atomic E-state index is 11.8. The molecule has 136 valence electrons. The molecule has 6 heteroatoms. The molecule has 2 N–H and O–H groups in total. The highest BCUT2D eigenvalue weighted by Crippen LogP contribution is 2.23. The lowest BCUT2D eigenvalue weighted by molar-refractivity contribution is 0.0521.